The molecule has 4 nitrogen and oxygen atoms in total. The van der Waals surface area contributed by atoms with Gasteiger partial charge in [0.2, 0.25) is 0 Å². The summed E-state index contributed by atoms with van der Waals surface area (Å²) >= 11 is 3.60. The van der Waals surface area contributed by atoms with E-state index in [0.717, 1.165) is 49.5 Å². The second kappa shape index (κ2) is 8.39. The molecular formula is C16H24BrN3O. The van der Waals surface area contributed by atoms with Crippen molar-refractivity contribution in [1.82, 2.24) is 10.2 Å². The number of rotatable bonds is 5. The van der Waals surface area contributed by atoms with E-state index in [2.05, 4.69) is 58.3 Å². The van der Waals surface area contributed by atoms with Gasteiger partial charge in [-0.25, -0.2) is 0 Å². The van der Waals surface area contributed by atoms with Crippen molar-refractivity contribution in [3.63, 3.8) is 0 Å². The van der Waals surface area contributed by atoms with Crippen LogP contribution in [0.3, 0.4) is 0 Å². The van der Waals surface area contributed by atoms with Crippen LogP contribution < -0.4 is 5.32 Å². The number of ether oxygens (including phenoxy) is 1. The molecule has 1 aliphatic heterocycles. The third kappa shape index (κ3) is 5.00. The minimum Gasteiger partial charge on any atom is -0.376 e. The van der Waals surface area contributed by atoms with E-state index in [-0.39, 0.29) is 6.10 Å². The maximum Gasteiger partial charge on any atom is 0.194 e. The van der Waals surface area contributed by atoms with Crippen LogP contribution in [0.25, 0.3) is 0 Å². The van der Waals surface area contributed by atoms with Crippen LogP contribution >= 0.6 is 15.9 Å². The summed E-state index contributed by atoms with van der Waals surface area (Å²) in [6.45, 7) is 5.39. The number of aliphatic imine (C=N–C) groups is 1. The average molecular weight is 354 g/mol. The van der Waals surface area contributed by atoms with E-state index in [9.17, 15) is 0 Å². The molecule has 0 amide bonds. The third-order valence-electron chi connectivity index (χ3n) is 3.53. The van der Waals surface area contributed by atoms with Gasteiger partial charge in [0.1, 0.15) is 0 Å². The van der Waals surface area contributed by atoms with Gasteiger partial charge in [-0.2, -0.15) is 0 Å². The number of nitrogens with one attached hydrogen (secondary N) is 1. The summed E-state index contributed by atoms with van der Waals surface area (Å²) < 4.78 is 6.77. The van der Waals surface area contributed by atoms with Crippen molar-refractivity contribution < 1.29 is 4.74 Å². The lowest BCUT2D eigenvalue weighted by molar-refractivity contribution is 0.117. The smallest absolute Gasteiger partial charge is 0.194 e. The van der Waals surface area contributed by atoms with Crippen LogP contribution in [-0.2, 0) is 11.3 Å². The van der Waals surface area contributed by atoms with Crippen LogP contribution in [0.5, 0.6) is 0 Å². The summed E-state index contributed by atoms with van der Waals surface area (Å²) in [5.74, 6) is 0.934. The number of halogens is 1. The van der Waals surface area contributed by atoms with Gasteiger partial charge in [0, 0.05) is 31.2 Å². The highest BCUT2D eigenvalue weighted by molar-refractivity contribution is 9.10. The molecule has 1 fully saturated rings. The molecule has 0 aromatic heterocycles. The van der Waals surface area contributed by atoms with Gasteiger partial charge in [0.15, 0.2) is 5.96 Å². The monoisotopic (exact) mass is 353 g/mol. The standard InChI is InChI=1S/C16H24BrN3O/c1-3-18-16(19-11-14-8-6-10-21-14)20(2)12-13-7-4-5-9-15(13)17/h4-5,7,9,14H,3,6,8,10-12H2,1-2H3,(H,18,19). The van der Waals surface area contributed by atoms with E-state index >= 15 is 0 Å². The van der Waals surface area contributed by atoms with E-state index in [1.54, 1.807) is 0 Å². The lowest BCUT2D eigenvalue weighted by Crippen LogP contribution is -2.39. The van der Waals surface area contributed by atoms with Crippen LogP contribution in [-0.4, -0.2) is 43.7 Å². The molecule has 0 saturated carbocycles. The highest BCUT2D eigenvalue weighted by Crippen LogP contribution is 2.17. The van der Waals surface area contributed by atoms with Gasteiger partial charge in [0.05, 0.1) is 12.6 Å². The van der Waals surface area contributed by atoms with Gasteiger partial charge in [0.25, 0.3) is 0 Å². The Hall–Kier alpha value is -1.07. The van der Waals surface area contributed by atoms with Crippen LogP contribution in [0.4, 0.5) is 0 Å². The van der Waals surface area contributed by atoms with Crippen LogP contribution in [0.2, 0.25) is 0 Å². The molecule has 0 radical (unpaired) electrons. The fourth-order valence-corrected chi connectivity index (χ4v) is 2.81. The molecule has 2 rings (SSSR count). The molecule has 116 valence electrons. The number of benzene rings is 1. The summed E-state index contributed by atoms with van der Waals surface area (Å²) in [7, 11) is 2.07. The van der Waals surface area contributed by atoms with Crippen LogP contribution in [0.1, 0.15) is 25.3 Å². The first-order chi connectivity index (χ1) is 10.2. The van der Waals surface area contributed by atoms with Crippen molar-refractivity contribution in [3.05, 3.63) is 34.3 Å². The quantitative estimate of drug-likeness (QED) is 0.652. The average Bonchev–Trinajstić information content (AvgIpc) is 2.99. The lowest BCUT2D eigenvalue weighted by Gasteiger charge is -2.23. The Labute approximate surface area is 135 Å². The minimum atomic E-state index is 0.288. The Balaban J connectivity index is 1.99. The van der Waals surface area contributed by atoms with Gasteiger partial charge in [-0.3, -0.25) is 4.99 Å². The maximum atomic E-state index is 5.64. The van der Waals surface area contributed by atoms with E-state index in [0.29, 0.717) is 0 Å². The Bertz CT molecular complexity index is 472. The summed E-state index contributed by atoms with van der Waals surface area (Å²) in [6.07, 6.45) is 2.57. The van der Waals surface area contributed by atoms with E-state index in [1.165, 1.54) is 5.56 Å². The zero-order valence-corrected chi connectivity index (χ0v) is 14.4. The van der Waals surface area contributed by atoms with Crippen molar-refractivity contribution >= 4 is 21.9 Å². The first-order valence-corrected chi connectivity index (χ1v) is 8.34. The van der Waals surface area contributed by atoms with Gasteiger partial charge in [-0.15, -0.1) is 0 Å². The summed E-state index contributed by atoms with van der Waals surface area (Å²) in [4.78, 5) is 6.86. The molecule has 1 aliphatic rings. The fourth-order valence-electron chi connectivity index (χ4n) is 2.40. The van der Waals surface area contributed by atoms with Crippen molar-refractivity contribution in [3.8, 4) is 0 Å². The molecular weight excluding hydrogens is 330 g/mol. The summed E-state index contributed by atoms with van der Waals surface area (Å²) in [5, 5.41) is 3.35. The predicted molar refractivity (Wildman–Crippen MR) is 90.6 cm³/mol. The molecule has 1 aromatic rings. The Kier molecular flexibility index (Phi) is 6.51. The summed E-state index contributed by atoms with van der Waals surface area (Å²) in [5.41, 5.74) is 1.25. The second-order valence-electron chi connectivity index (χ2n) is 5.28. The van der Waals surface area contributed by atoms with Gasteiger partial charge in [-0.05, 0) is 31.4 Å². The Morgan fingerprint density at radius 2 is 2.29 bits per heavy atom. The van der Waals surface area contributed by atoms with Crippen molar-refractivity contribution in [2.75, 3.05) is 26.7 Å². The number of hydrogen-bond donors (Lipinski definition) is 1. The van der Waals surface area contributed by atoms with E-state index in [4.69, 9.17) is 9.73 Å². The lowest BCUT2D eigenvalue weighted by atomic mass is 10.2. The number of nitrogens with zero attached hydrogens (tertiary/aromatic N) is 2. The molecule has 0 bridgehead atoms. The van der Waals surface area contributed by atoms with Gasteiger partial charge < -0.3 is 15.0 Å². The number of hydrogen-bond acceptors (Lipinski definition) is 2. The molecule has 1 aromatic carbocycles. The second-order valence-corrected chi connectivity index (χ2v) is 6.13. The van der Waals surface area contributed by atoms with Gasteiger partial charge >= 0.3 is 0 Å². The third-order valence-corrected chi connectivity index (χ3v) is 4.30. The molecule has 0 aliphatic carbocycles. The maximum absolute atomic E-state index is 5.64. The molecule has 1 N–H and O–H groups in total. The minimum absolute atomic E-state index is 0.288. The van der Waals surface area contributed by atoms with Gasteiger partial charge in [-0.1, -0.05) is 34.1 Å². The topological polar surface area (TPSA) is 36.9 Å². The van der Waals surface area contributed by atoms with Crippen molar-refractivity contribution in [2.45, 2.75) is 32.4 Å². The van der Waals surface area contributed by atoms with E-state index in [1.807, 2.05) is 6.07 Å². The SMILES string of the molecule is CCNC(=NCC1CCCO1)N(C)Cc1ccccc1Br. The Morgan fingerprint density at radius 1 is 1.48 bits per heavy atom. The normalized spacial score (nSPS) is 18.8. The van der Waals surface area contributed by atoms with E-state index < -0.39 is 0 Å². The zero-order chi connectivity index (χ0) is 15.1. The predicted octanol–water partition coefficient (Wildman–Crippen LogP) is 3.03. The molecule has 1 unspecified atom stereocenters. The van der Waals surface area contributed by atoms with Crippen LogP contribution in [0.15, 0.2) is 33.7 Å². The highest BCUT2D eigenvalue weighted by Gasteiger charge is 2.16. The molecule has 1 heterocycles. The molecule has 1 atom stereocenters. The zero-order valence-electron chi connectivity index (χ0n) is 12.8. The molecule has 1 saturated heterocycles. The highest BCUT2D eigenvalue weighted by atomic mass is 79.9. The summed E-state index contributed by atoms with van der Waals surface area (Å²) in [6, 6.07) is 8.29. The first-order valence-electron chi connectivity index (χ1n) is 7.55. The molecule has 0 spiro atoms. The first kappa shape index (κ1) is 16.3. The van der Waals surface area contributed by atoms with Crippen molar-refractivity contribution in [2.24, 2.45) is 4.99 Å². The Morgan fingerprint density at radius 3 is 2.95 bits per heavy atom. The number of guanidine groups is 1. The van der Waals surface area contributed by atoms with Crippen LogP contribution in [0, 0.1) is 0 Å². The molecule has 5 heteroatoms. The largest absolute Gasteiger partial charge is 0.376 e. The molecule has 21 heavy (non-hydrogen) atoms. The fraction of sp³-hybridized carbons (Fsp3) is 0.562. The van der Waals surface area contributed by atoms with Crippen molar-refractivity contribution in [1.29, 1.82) is 0 Å².